The van der Waals surface area contributed by atoms with E-state index in [0.29, 0.717) is 24.3 Å². The normalized spacial score (nSPS) is 22.6. The van der Waals surface area contributed by atoms with Crippen LogP contribution < -0.4 is 9.62 Å². The highest BCUT2D eigenvalue weighted by atomic mass is 32.2. The van der Waals surface area contributed by atoms with Crippen molar-refractivity contribution in [2.75, 3.05) is 28.5 Å². The molecule has 2 aliphatic heterocycles. The molecule has 1 aromatic carbocycles. The van der Waals surface area contributed by atoms with Crippen molar-refractivity contribution in [2.45, 2.75) is 44.9 Å². The molecular weight excluding hydrogens is 394 g/mol. The highest BCUT2D eigenvalue weighted by Gasteiger charge is 2.52. The standard InChI is InChI=1S/C20H25N3O5S/c24-17(8-12-22-18(25)14-20(19(22)26)9-1-2-10-20)21-15-4-6-16(7-5-15)23-11-3-13-29(23,27)28/h4-7H,1-3,8-14H2,(H,21,24). The highest BCUT2D eigenvalue weighted by Crippen LogP contribution is 2.46. The highest BCUT2D eigenvalue weighted by molar-refractivity contribution is 7.93. The zero-order valence-corrected chi connectivity index (χ0v) is 17.0. The van der Waals surface area contributed by atoms with Crippen LogP contribution in [0.25, 0.3) is 0 Å². The molecule has 3 fully saturated rings. The van der Waals surface area contributed by atoms with Gasteiger partial charge in [0.2, 0.25) is 27.7 Å². The summed E-state index contributed by atoms with van der Waals surface area (Å²) in [5, 5.41) is 2.74. The summed E-state index contributed by atoms with van der Waals surface area (Å²) in [6.07, 6.45) is 4.39. The average molecular weight is 420 g/mol. The first-order valence-corrected chi connectivity index (χ1v) is 11.7. The third-order valence-electron chi connectivity index (χ3n) is 6.15. The largest absolute Gasteiger partial charge is 0.326 e. The number of hydrogen-bond acceptors (Lipinski definition) is 5. The Bertz CT molecular complexity index is 935. The van der Waals surface area contributed by atoms with Crippen molar-refractivity contribution in [3.8, 4) is 0 Å². The number of carbonyl (C=O) groups is 3. The van der Waals surface area contributed by atoms with E-state index in [-0.39, 0.29) is 42.9 Å². The fourth-order valence-corrected chi connectivity index (χ4v) is 6.17. The number of nitrogens with zero attached hydrogens (tertiary/aromatic N) is 2. The zero-order valence-electron chi connectivity index (χ0n) is 16.2. The topological polar surface area (TPSA) is 104 Å². The van der Waals surface area contributed by atoms with Crippen molar-refractivity contribution in [3.63, 3.8) is 0 Å². The third-order valence-corrected chi connectivity index (χ3v) is 8.02. The first-order valence-electron chi connectivity index (χ1n) is 10.1. The monoisotopic (exact) mass is 419 g/mol. The van der Waals surface area contributed by atoms with E-state index in [1.54, 1.807) is 24.3 Å². The van der Waals surface area contributed by atoms with E-state index >= 15 is 0 Å². The van der Waals surface area contributed by atoms with Crippen molar-refractivity contribution < 1.29 is 22.8 Å². The lowest BCUT2D eigenvalue weighted by molar-refractivity contribution is -0.141. The predicted octanol–water partition coefficient (Wildman–Crippen LogP) is 1.87. The summed E-state index contributed by atoms with van der Waals surface area (Å²) >= 11 is 0. The van der Waals surface area contributed by atoms with Crippen LogP contribution in [0.15, 0.2) is 24.3 Å². The summed E-state index contributed by atoms with van der Waals surface area (Å²) < 4.78 is 25.3. The number of benzene rings is 1. The quantitative estimate of drug-likeness (QED) is 0.734. The van der Waals surface area contributed by atoms with Crippen molar-refractivity contribution in [1.82, 2.24) is 4.90 Å². The van der Waals surface area contributed by atoms with Gasteiger partial charge in [-0.15, -0.1) is 0 Å². The molecule has 1 aromatic rings. The number of nitrogens with one attached hydrogen (secondary N) is 1. The minimum absolute atomic E-state index is 0.0375. The summed E-state index contributed by atoms with van der Waals surface area (Å²) in [6.45, 7) is 0.558. The molecule has 0 atom stereocenters. The zero-order chi connectivity index (χ0) is 20.6. The molecule has 1 N–H and O–H groups in total. The number of likely N-dealkylation sites (tertiary alicyclic amines) is 1. The van der Waals surface area contributed by atoms with Crippen LogP contribution in [0.4, 0.5) is 11.4 Å². The van der Waals surface area contributed by atoms with Gasteiger partial charge in [0.1, 0.15) is 0 Å². The van der Waals surface area contributed by atoms with E-state index in [0.717, 1.165) is 25.7 Å². The Morgan fingerprint density at radius 2 is 1.76 bits per heavy atom. The van der Waals surface area contributed by atoms with Crippen LogP contribution in [0, 0.1) is 5.41 Å². The smallest absolute Gasteiger partial charge is 0.235 e. The fraction of sp³-hybridized carbons (Fsp3) is 0.550. The SMILES string of the molecule is O=C(CCN1C(=O)CC2(CCCC2)C1=O)Nc1ccc(N2CCCS2(=O)=O)cc1. The van der Waals surface area contributed by atoms with Crippen LogP contribution in [-0.2, 0) is 24.4 Å². The van der Waals surface area contributed by atoms with Gasteiger partial charge < -0.3 is 5.32 Å². The fourth-order valence-electron chi connectivity index (χ4n) is 4.61. The number of rotatable bonds is 5. The van der Waals surface area contributed by atoms with E-state index in [9.17, 15) is 22.8 Å². The van der Waals surface area contributed by atoms with Crippen molar-refractivity contribution >= 4 is 39.1 Å². The van der Waals surface area contributed by atoms with Gasteiger partial charge in [0.05, 0.1) is 16.9 Å². The lowest BCUT2D eigenvalue weighted by Gasteiger charge is -2.20. The number of carbonyl (C=O) groups excluding carboxylic acids is 3. The van der Waals surface area contributed by atoms with Gasteiger partial charge in [-0.05, 0) is 43.5 Å². The first-order chi connectivity index (χ1) is 13.8. The predicted molar refractivity (Wildman–Crippen MR) is 108 cm³/mol. The minimum atomic E-state index is -3.24. The molecule has 3 aliphatic rings. The van der Waals surface area contributed by atoms with E-state index in [1.807, 2.05) is 0 Å². The van der Waals surface area contributed by atoms with Crippen molar-refractivity contribution in [1.29, 1.82) is 0 Å². The lowest BCUT2D eigenvalue weighted by atomic mass is 9.84. The molecule has 0 radical (unpaired) electrons. The van der Waals surface area contributed by atoms with Gasteiger partial charge in [0.25, 0.3) is 0 Å². The summed E-state index contributed by atoms with van der Waals surface area (Å²) in [7, 11) is -3.24. The molecule has 0 bridgehead atoms. The molecule has 8 nitrogen and oxygen atoms in total. The van der Waals surface area contributed by atoms with E-state index in [2.05, 4.69) is 5.32 Å². The van der Waals surface area contributed by atoms with Crippen LogP contribution in [0.3, 0.4) is 0 Å². The van der Waals surface area contributed by atoms with Gasteiger partial charge in [-0.3, -0.25) is 23.6 Å². The van der Waals surface area contributed by atoms with Crippen molar-refractivity contribution in [3.05, 3.63) is 24.3 Å². The molecule has 3 amide bonds. The van der Waals surface area contributed by atoms with E-state index in [4.69, 9.17) is 0 Å². The molecule has 9 heteroatoms. The van der Waals surface area contributed by atoms with Crippen LogP contribution in [-0.4, -0.2) is 49.9 Å². The summed E-state index contributed by atoms with van der Waals surface area (Å²) in [5.74, 6) is -0.440. The lowest BCUT2D eigenvalue weighted by Crippen LogP contribution is -2.36. The first kappa shape index (κ1) is 19.9. The van der Waals surface area contributed by atoms with Gasteiger partial charge in [-0.1, -0.05) is 12.8 Å². The maximum atomic E-state index is 12.6. The molecule has 1 spiro atoms. The Morgan fingerprint density at radius 3 is 2.38 bits per heavy atom. The van der Waals surface area contributed by atoms with E-state index < -0.39 is 15.4 Å². The Kier molecular flexibility index (Phi) is 5.10. The number of imide groups is 1. The average Bonchev–Trinajstić information content (AvgIpc) is 3.34. The van der Waals surface area contributed by atoms with Crippen LogP contribution >= 0.6 is 0 Å². The second-order valence-corrected chi connectivity index (χ2v) is 10.1. The number of amides is 3. The molecule has 0 unspecified atom stereocenters. The second-order valence-electron chi connectivity index (χ2n) is 8.10. The van der Waals surface area contributed by atoms with Gasteiger partial charge in [-0.25, -0.2) is 8.42 Å². The van der Waals surface area contributed by atoms with Crippen LogP contribution in [0.1, 0.15) is 44.9 Å². The van der Waals surface area contributed by atoms with E-state index in [1.165, 1.54) is 9.21 Å². The number of sulfonamides is 1. The Balaban J connectivity index is 1.32. The number of hydrogen-bond donors (Lipinski definition) is 1. The summed E-state index contributed by atoms with van der Waals surface area (Å²) in [6, 6.07) is 6.63. The molecule has 29 heavy (non-hydrogen) atoms. The van der Waals surface area contributed by atoms with Crippen LogP contribution in [0.5, 0.6) is 0 Å². The molecule has 4 rings (SSSR count). The number of anilines is 2. The van der Waals surface area contributed by atoms with Crippen molar-refractivity contribution in [2.24, 2.45) is 5.41 Å². The molecule has 1 aliphatic carbocycles. The molecule has 156 valence electrons. The minimum Gasteiger partial charge on any atom is -0.326 e. The van der Waals surface area contributed by atoms with Gasteiger partial charge in [0, 0.05) is 31.6 Å². The Labute approximate surface area is 170 Å². The molecule has 0 aromatic heterocycles. The second kappa shape index (κ2) is 7.44. The summed E-state index contributed by atoms with van der Waals surface area (Å²) in [5.41, 5.74) is 0.608. The van der Waals surface area contributed by atoms with Gasteiger partial charge >= 0.3 is 0 Å². The molecule has 2 saturated heterocycles. The van der Waals surface area contributed by atoms with Gasteiger partial charge in [0.15, 0.2) is 0 Å². The third kappa shape index (κ3) is 3.75. The maximum absolute atomic E-state index is 12.6. The molecule has 2 heterocycles. The molecular formula is C20H25N3O5S. The van der Waals surface area contributed by atoms with Gasteiger partial charge in [-0.2, -0.15) is 0 Å². The van der Waals surface area contributed by atoms with Crippen LogP contribution in [0.2, 0.25) is 0 Å². The Morgan fingerprint density at radius 1 is 1.07 bits per heavy atom. The Hall–Kier alpha value is -2.42. The summed E-state index contributed by atoms with van der Waals surface area (Å²) in [4.78, 5) is 38.4. The maximum Gasteiger partial charge on any atom is 0.235 e. The molecule has 1 saturated carbocycles.